The molecule has 0 aromatic carbocycles. The van der Waals surface area contributed by atoms with Crippen LogP contribution in [-0.2, 0) is 14.3 Å². The zero-order chi connectivity index (χ0) is 44.4. The molecule has 1 aliphatic heterocycles. The molecule has 1 amide bonds. The Kier molecular flexibility index (Phi) is 41.1. The zero-order valence-electron chi connectivity index (χ0n) is 40.2. The fraction of sp³-hybridized carbons (Fsp3) is 0.981. The maximum Gasteiger partial charge on any atom is 0.220 e. The van der Waals surface area contributed by atoms with E-state index in [0.29, 0.717) is 12.8 Å². The van der Waals surface area contributed by atoms with Gasteiger partial charge in [-0.25, -0.2) is 0 Å². The second-order valence-corrected chi connectivity index (χ2v) is 19.0. The zero-order valence-corrected chi connectivity index (χ0v) is 40.2. The van der Waals surface area contributed by atoms with Crippen molar-refractivity contribution in [3.63, 3.8) is 0 Å². The van der Waals surface area contributed by atoms with E-state index in [0.717, 1.165) is 38.5 Å². The highest BCUT2D eigenvalue weighted by Gasteiger charge is 2.44. The molecule has 0 bridgehead atoms. The summed E-state index contributed by atoms with van der Waals surface area (Å²) >= 11 is 0. The van der Waals surface area contributed by atoms with Gasteiger partial charge in [0.15, 0.2) is 6.29 Å². The number of carbonyl (C=O) groups is 1. The number of rotatable bonds is 46. The maximum atomic E-state index is 12.9. The standard InChI is InChI=1S/C52H103NO8/c1-3-5-7-9-11-13-15-16-17-18-19-20-21-22-23-24-25-26-27-28-29-30-31-32-33-35-37-39-41-46(55)45(44-60-52-51(59)50(58)49(57)47(43-54)61-52)53-48(56)42-40-38-36-34-14-12-10-8-6-4-2/h45-47,49-52,54-55,57-59H,3-44H2,1-2H3,(H,53,56). The van der Waals surface area contributed by atoms with Crippen molar-refractivity contribution in [2.24, 2.45) is 0 Å². The molecule has 0 spiro atoms. The Bertz CT molecular complexity index is 924. The molecular weight excluding hydrogens is 767 g/mol. The minimum absolute atomic E-state index is 0.132. The van der Waals surface area contributed by atoms with Gasteiger partial charge in [0.05, 0.1) is 25.4 Å². The predicted octanol–water partition coefficient (Wildman–Crippen LogP) is 12.3. The largest absolute Gasteiger partial charge is 0.394 e. The van der Waals surface area contributed by atoms with Gasteiger partial charge in [0.1, 0.15) is 24.4 Å². The number of hydrogen-bond donors (Lipinski definition) is 6. The van der Waals surface area contributed by atoms with Crippen molar-refractivity contribution in [2.75, 3.05) is 13.2 Å². The molecule has 1 fully saturated rings. The Balaban J connectivity index is 2.13. The third-order valence-electron chi connectivity index (χ3n) is 13.2. The summed E-state index contributed by atoms with van der Waals surface area (Å²) in [5.74, 6) is -0.142. The molecule has 9 nitrogen and oxygen atoms in total. The van der Waals surface area contributed by atoms with Crippen LogP contribution in [-0.4, -0.2) is 87.5 Å². The van der Waals surface area contributed by atoms with E-state index in [-0.39, 0.29) is 12.5 Å². The highest BCUT2D eigenvalue weighted by molar-refractivity contribution is 5.76. The van der Waals surface area contributed by atoms with Crippen LogP contribution in [0.1, 0.15) is 271 Å². The second-order valence-electron chi connectivity index (χ2n) is 19.0. The lowest BCUT2D eigenvalue weighted by Crippen LogP contribution is -2.60. The number of aliphatic hydroxyl groups excluding tert-OH is 5. The number of aliphatic hydroxyl groups is 5. The van der Waals surface area contributed by atoms with Crippen LogP contribution >= 0.6 is 0 Å². The number of hydrogen-bond acceptors (Lipinski definition) is 8. The highest BCUT2D eigenvalue weighted by Crippen LogP contribution is 2.23. The first-order valence-corrected chi connectivity index (χ1v) is 26.7. The molecule has 7 unspecified atom stereocenters. The molecule has 61 heavy (non-hydrogen) atoms. The van der Waals surface area contributed by atoms with Crippen LogP contribution in [0.3, 0.4) is 0 Å². The van der Waals surface area contributed by atoms with Crippen LogP contribution in [0.2, 0.25) is 0 Å². The SMILES string of the molecule is CCCCCCCCCCCCCCCCCCCCCCCCCCCCCCC(O)C(COC1OC(CO)C(O)C(O)C1O)NC(=O)CCCCCCCCCCCC. The number of ether oxygens (including phenoxy) is 2. The van der Waals surface area contributed by atoms with E-state index in [1.54, 1.807) is 0 Å². The van der Waals surface area contributed by atoms with Crippen molar-refractivity contribution in [1.29, 1.82) is 0 Å². The molecule has 0 aromatic rings. The van der Waals surface area contributed by atoms with E-state index in [4.69, 9.17) is 9.47 Å². The monoisotopic (exact) mass is 870 g/mol. The lowest BCUT2D eigenvalue weighted by molar-refractivity contribution is -0.302. The molecule has 1 heterocycles. The van der Waals surface area contributed by atoms with E-state index in [1.807, 2.05) is 0 Å². The Morgan fingerprint density at radius 2 is 0.820 bits per heavy atom. The molecule has 1 saturated heterocycles. The van der Waals surface area contributed by atoms with Crippen molar-refractivity contribution < 1.29 is 39.8 Å². The Morgan fingerprint density at radius 1 is 0.492 bits per heavy atom. The predicted molar refractivity (Wildman–Crippen MR) is 254 cm³/mol. The minimum atomic E-state index is -1.55. The highest BCUT2D eigenvalue weighted by atomic mass is 16.7. The van der Waals surface area contributed by atoms with E-state index < -0.39 is 49.5 Å². The average Bonchev–Trinajstić information content (AvgIpc) is 3.26. The fourth-order valence-electron chi connectivity index (χ4n) is 8.93. The van der Waals surface area contributed by atoms with Crippen molar-refractivity contribution in [2.45, 2.75) is 314 Å². The summed E-state index contributed by atoms with van der Waals surface area (Å²) in [5.41, 5.74) is 0. The van der Waals surface area contributed by atoms with E-state index >= 15 is 0 Å². The first-order chi connectivity index (χ1) is 29.8. The fourth-order valence-corrected chi connectivity index (χ4v) is 8.93. The lowest BCUT2D eigenvalue weighted by atomic mass is 9.99. The van der Waals surface area contributed by atoms with Crippen molar-refractivity contribution in [1.82, 2.24) is 5.32 Å². The number of carbonyl (C=O) groups excluding carboxylic acids is 1. The van der Waals surface area contributed by atoms with Gasteiger partial charge in [-0.05, 0) is 12.8 Å². The normalized spacial score (nSPS) is 20.3. The van der Waals surface area contributed by atoms with Gasteiger partial charge >= 0.3 is 0 Å². The summed E-state index contributed by atoms with van der Waals surface area (Å²) < 4.78 is 11.3. The molecule has 1 rings (SSSR count). The minimum Gasteiger partial charge on any atom is -0.394 e. The molecule has 9 heteroatoms. The summed E-state index contributed by atoms with van der Waals surface area (Å²) in [6.45, 7) is 3.85. The molecule has 0 radical (unpaired) electrons. The molecule has 7 atom stereocenters. The first kappa shape index (κ1) is 58.2. The molecule has 6 N–H and O–H groups in total. The van der Waals surface area contributed by atoms with Crippen LogP contribution in [0, 0.1) is 0 Å². The van der Waals surface area contributed by atoms with Crippen molar-refractivity contribution in [3.8, 4) is 0 Å². The molecular formula is C52H103NO8. The van der Waals surface area contributed by atoms with E-state index in [9.17, 15) is 30.3 Å². The third kappa shape index (κ3) is 33.3. The summed E-state index contributed by atoms with van der Waals surface area (Å²) in [7, 11) is 0. The number of amides is 1. The quantitative estimate of drug-likeness (QED) is 0.0331. The summed E-state index contributed by atoms with van der Waals surface area (Å²) in [6, 6.07) is -0.711. The third-order valence-corrected chi connectivity index (χ3v) is 13.2. The van der Waals surface area contributed by atoms with Gasteiger partial charge < -0.3 is 40.3 Å². The van der Waals surface area contributed by atoms with E-state index in [2.05, 4.69) is 19.2 Å². The summed E-state index contributed by atoms with van der Waals surface area (Å²) in [6.07, 6.45) is 42.9. The van der Waals surface area contributed by atoms with Gasteiger partial charge in [-0.2, -0.15) is 0 Å². The number of nitrogens with one attached hydrogen (secondary N) is 1. The Hall–Kier alpha value is -0.810. The smallest absolute Gasteiger partial charge is 0.220 e. The summed E-state index contributed by atoms with van der Waals surface area (Å²) in [5, 5.41) is 54.4. The van der Waals surface area contributed by atoms with Gasteiger partial charge in [-0.1, -0.05) is 251 Å². The van der Waals surface area contributed by atoms with Crippen molar-refractivity contribution in [3.05, 3.63) is 0 Å². The first-order valence-electron chi connectivity index (χ1n) is 26.7. The lowest BCUT2D eigenvalue weighted by Gasteiger charge is -2.40. The maximum absolute atomic E-state index is 12.9. The molecule has 0 aromatic heterocycles. The summed E-state index contributed by atoms with van der Waals surface area (Å²) in [4.78, 5) is 12.9. The van der Waals surface area contributed by atoms with Gasteiger partial charge in [0, 0.05) is 6.42 Å². The molecule has 1 aliphatic rings. The molecule has 364 valence electrons. The second kappa shape index (κ2) is 43.1. The van der Waals surface area contributed by atoms with Crippen LogP contribution in [0.5, 0.6) is 0 Å². The van der Waals surface area contributed by atoms with Crippen LogP contribution in [0.25, 0.3) is 0 Å². The average molecular weight is 870 g/mol. The van der Waals surface area contributed by atoms with Gasteiger partial charge in [0.25, 0.3) is 0 Å². The Morgan fingerprint density at radius 3 is 1.16 bits per heavy atom. The topological polar surface area (TPSA) is 149 Å². The van der Waals surface area contributed by atoms with Gasteiger partial charge in [-0.15, -0.1) is 0 Å². The van der Waals surface area contributed by atoms with Gasteiger partial charge in [0.2, 0.25) is 5.91 Å². The molecule has 0 saturated carbocycles. The number of unbranched alkanes of at least 4 members (excludes halogenated alkanes) is 36. The van der Waals surface area contributed by atoms with E-state index in [1.165, 1.54) is 205 Å². The Labute approximate surface area is 376 Å². The van der Waals surface area contributed by atoms with Crippen LogP contribution in [0.15, 0.2) is 0 Å². The van der Waals surface area contributed by atoms with Crippen LogP contribution in [0.4, 0.5) is 0 Å². The van der Waals surface area contributed by atoms with Crippen LogP contribution < -0.4 is 5.32 Å². The van der Waals surface area contributed by atoms with Crippen molar-refractivity contribution >= 4 is 5.91 Å². The molecule has 0 aliphatic carbocycles. The van der Waals surface area contributed by atoms with Gasteiger partial charge in [-0.3, -0.25) is 4.79 Å².